The van der Waals surface area contributed by atoms with Crippen LogP contribution in [0.15, 0.2) is 72.8 Å². The van der Waals surface area contributed by atoms with E-state index < -0.39 is 5.97 Å². The molecule has 0 bridgehead atoms. The van der Waals surface area contributed by atoms with Gasteiger partial charge in [0.1, 0.15) is 0 Å². The molecule has 0 aliphatic carbocycles. The molecule has 1 N–H and O–H groups in total. The number of nitrogens with zero attached hydrogens (tertiary/aromatic N) is 2. The van der Waals surface area contributed by atoms with E-state index in [0.717, 1.165) is 40.9 Å². The standard InChI is InChI=1S/C28H26ClN3O3/c1-4-8-24-26(28(35-19(3)33)32(31-24)25-12-6-5-9-18(25)2)20-13-15-23(16-14-20)30-27(34)21-10-7-11-22(29)17-21/h5-7,9-17H,4,8H2,1-3H3,(H,30,34). The van der Waals surface area contributed by atoms with Gasteiger partial charge in [-0.2, -0.15) is 9.78 Å². The molecule has 7 heteroatoms. The molecule has 3 aromatic carbocycles. The fourth-order valence-electron chi connectivity index (χ4n) is 3.90. The van der Waals surface area contributed by atoms with E-state index in [1.54, 1.807) is 28.9 Å². The molecule has 0 spiro atoms. The number of nitrogens with one attached hydrogen (secondary N) is 1. The third-order valence-electron chi connectivity index (χ3n) is 5.50. The van der Waals surface area contributed by atoms with Crippen LogP contribution in [0.3, 0.4) is 0 Å². The lowest BCUT2D eigenvalue weighted by Gasteiger charge is -2.11. The fourth-order valence-corrected chi connectivity index (χ4v) is 4.09. The summed E-state index contributed by atoms with van der Waals surface area (Å²) in [5, 5.41) is 8.22. The van der Waals surface area contributed by atoms with Gasteiger partial charge in [0.2, 0.25) is 5.88 Å². The molecule has 0 radical (unpaired) electrons. The molecule has 1 amide bonds. The van der Waals surface area contributed by atoms with Crippen molar-refractivity contribution in [1.29, 1.82) is 0 Å². The van der Waals surface area contributed by atoms with Gasteiger partial charge in [-0.05, 0) is 60.9 Å². The molecule has 0 unspecified atom stereocenters. The van der Waals surface area contributed by atoms with Crippen LogP contribution < -0.4 is 10.1 Å². The average molecular weight is 488 g/mol. The van der Waals surface area contributed by atoms with Crippen molar-refractivity contribution in [2.45, 2.75) is 33.6 Å². The van der Waals surface area contributed by atoms with Gasteiger partial charge in [-0.1, -0.05) is 61.3 Å². The van der Waals surface area contributed by atoms with Gasteiger partial charge < -0.3 is 10.1 Å². The molecule has 35 heavy (non-hydrogen) atoms. The highest BCUT2D eigenvalue weighted by Gasteiger charge is 2.23. The Morgan fingerprint density at radius 3 is 2.43 bits per heavy atom. The molecule has 0 fully saturated rings. The van der Waals surface area contributed by atoms with E-state index in [0.29, 0.717) is 22.2 Å². The van der Waals surface area contributed by atoms with E-state index in [9.17, 15) is 9.59 Å². The molecular formula is C28H26ClN3O3. The van der Waals surface area contributed by atoms with E-state index >= 15 is 0 Å². The molecule has 178 valence electrons. The number of hydrogen-bond donors (Lipinski definition) is 1. The first-order chi connectivity index (χ1) is 16.9. The van der Waals surface area contributed by atoms with Crippen LogP contribution >= 0.6 is 11.6 Å². The summed E-state index contributed by atoms with van der Waals surface area (Å²) in [6.45, 7) is 5.45. The minimum atomic E-state index is -0.422. The number of ether oxygens (including phenoxy) is 1. The number of esters is 1. The van der Waals surface area contributed by atoms with Crippen LogP contribution in [0.2, 0.25) is 5.02 Å². The molecule has 1 heterocycles. The van der Waals surface area contributed by atoms with Gasteiger partial charge in [-0.3, -0.25) is 9.59 Å². The molecule has 6 nitrogen and oxygen atoms in total. The second kappa shape index (κ2) is 10.6. The molecule has 0 aliphatic heterocycles. The van der Waals surface area contributed by atoms with Gasteiger partial charge in [0.05, 0.1) is 16.9 Å². The summed E-state index contributed by atoms with van der Waals surface area (Å²) >= 11 is 6.00. The van der Waals surface area contributed by atoms with Crippen molar-refractivity contribution in [1.82, 2.24) is 9.78 Å². The average Bonchev–Trinajstić information content (AvgIpc) is 3.17. The summed E-state index contributed by atoms with van der Waals surface area (Å²) in [5.41, 5.74) is 5.40. The zero-order chi connectivity index (χ0) is 24.9. The summed E-state index contributed by atoms with van der Waals surface area (Å²) in [6, 6.07) is 22.0. The summed E-state index contributed by atoms with van der Waals surface area (Å²) in [4.78, 5) is 24.6. The number of aryl methyl sites for hydroxylation is 2. The normalized spacial score (nSPS) is 10.7. The molecule has 4 aromatic rings. The Labute approximate surface area is 209 Å². The number of para-hydroxylation sites is 1. The van der Waals surface area contributed by atoms with Gasteiger partial charge >= 0.3 is 5.97 Å². The fraction of sp³-hybridized carbons (Fsp3) is 0.179. The molecular weight excluding hydrogens is 462 g/mol. The Morgan fingerprint density at radius 2 is 1.77 bits per heavy atom. The number of aromatic nitrogens is 2. The predicted molar refractivity (Wildman–Crippen MR) is 138 cm³/mol. The first-order valence-electron chi connectivity index (χ1n) is 11.4. The van der Waals surface area contributed by atoms with Gasteiger partial charge in [0.15, 0.2) is 0 Å². The number of halogens is 1. The van der Waals surface area contributed by atoms with Crippen LogP contribution in [0.25, 0.3) is 16.8 Å². The van der Waals surface area contributed by atoms with Crippen molar-refractivity contribution in [2.75, 3.05) is 5.32 Å². The van der Waals surface area contributed by atoms with Crippen molar-refractivity contribution in [3.05, 3.63) is 94.6 Å². The lowest BCUT2D eigenvalue weighted by atomic mass is 10.0. The van der Waals surface area contributed by atoms with Crippen LogP contribution in [0, 0.1) is 6.92 Å². The van der Waals surface area contributed by atoms with Crippen molar-refractivity contribution < 1.29 is 14.3 Å². The third kappa shape index (κ3) is 5.44. The smallest absolute Gasteiger partial charge is 0.309 e. The van der Waals surface area contributed by atoms with Crippen LogP contribution in [0.1, 0.15) is 41.9 Å². The monoisotopic (exact) mass is 487 g/mol. The molecule has 1 aromatic heterocycles. The maximum Gasteiger partial charge on any atom is 0.309 e. The van der Waals surface area contributed by atoms with E-state index in [4.69, 9.17) is 21.4 Å². The maximum absolute atomic E-state index is 12.6. The number of rotatable bonds is 7. The highest BCUT2D eigenvalue weighted by Crippen LogP contribution is 2.37. The molecule has 0 atom stereocenters. The van der Waals surface area contributed by atoms with Gasteiger partial charge in [0.25, 0.3) is 5.91 Å². The zero-order valence-electron chi connectivity index (χ0n) is 19.8. The lowest BCUT2D eigenvalue weighted by molar-refractivity contribution is -0.132. The number of amides is 1. The van der Waals surface area contributed by atoms with E-state index in [2.05, 4.69) is 12.2 Å². The van der Waals surface area contributed by atoms with Crippen LogP contribution in [-0.4, -0.2) is 21.7 Å². The Morgan fingerprint density at radius 1 is 1.03 bits per heavy atom. The molecule has 0 aliphatic rings. The second-order valence-electron chi connectivity index (χ2n) is 8.21. The zero-order valence-corrected chi connectivity index (χ0v) is 20.6. The SMILES string of the molecule is CCCc1nn(-c2ccccc2C)c(OC(C)=O)c1-c1ccc(NC(=O)c2cccc(Cl)c2)cc1. The topological polar surface area (TPSA) is 73.2 Å². The summed E-state index contributed by atoms with van der Waals surface area (Å²) in [6.07, 6.45) is 1.60. The minimum absolute atomic E-state index is 0.250. The third-order valence-corrected chi connectivity index (χ3v) is 5.74. The quantitative estimate of drug-likeness (QED) is 0.297. The summed E-state index contributed by atoms with van der Waals surface area (Å²) in [5.74, 6) is -0.291. The Kier molecular flexibility index (Phi) is 7.32. The van der Waals surface area contributed by atoms with Crippen LogP contribution in [0.4, 0.5) is 5.69 Å². The molecule has 0 saturated heterocycles. The van der Waals surface area contributed by atoms with Crippen LogP contribution in [0.5, 0.6) is 5.88 Å². The maximum atomic E-state index is 12.6. The van der Waals surface area contributed by atoms with Crippen molar-refractivity contribution in [3.63, 3.8) is 0 Å². The number of benzene rings is 3. The number of hydrogen-bond acceptors (Lipinski definition) is 4. The first kappa shape index (κ1) is 24.2. The number of carbonyl (C=O) groups excluding carboxylic acids is 2. The van der Waals surface area contributed by atoms with Crippen LogP contribution in [-0.2, 0) is 11.2 Å². The molecule has 4 rings (SSSR count). The number of carbonyl (C=O) groups is 2. The highest BCUT2D eigenvalue weighted by molar-refractivity contribution is 6.31. The summed E-state index contributed by atoms with van der Waals surface area (Å²) in [7, 11) is 0. The summed E-state index contributed by atoms with van der Waals surface area (Å²) < 4.78 is 7.41. The van der Waals surface area contributed by atoms with E-state index in [-0.39, 0.29) is 5.91 Å². The van der Waals surface area contributed by atoms with E-state index in [1.165, 1.54) is 6.92 Å². The highest BCUT2D eigenvalue weighted by atomic mass is 35.5. The lowest BCUT2D eigenvalue weighted by Crippen LogP contribution is -2.11. The van der Waals surface area contributed by atoms with Gasteiger partial charge in [-0.15, -0.1) is 0 Å². The second-order valence-corrected chi connectivity index (χ2v) is 8.65. The Hall–Kier alpha value is -3.90. The minimum Gasteiger partial charge on any atom is -0.407 e. The molecule has 0 saturated carbocycles. The largest absolute Gasteiger partial charge is 0.407 e. The van der Waals surface area contributed by atoms with Crippen molar-refractivity contribution in [2.24, 2.45) is 0 Å². The van der Waals surface area contributed by atoms with Crippen molar-refractivity contribution in [3.8, 4) is 22.7 Å². The van der Waals surface area contributed by atoms with E-state index in [1.807, 2.05) is 55.5 Å². The van der Waals surface area contributed by atoms with Crippen molar-refractivity contribution >= 4 is 29.2 Å². The predicted octanol–water partition coefficient (Wildman–Crippen LogP) is 6.63. The first-order valence-corrected chi connectivity index (χ1v) is 11.8. The Balaban J connectivity index is 1.73. The van der Waals surface area contributed by atoms with Gasteiger partial charge in [0, 0.05) is 23.2 Å². The Bertz CT molecular complexity index is 1380. The number of anilines is 1. The van der Waals surface area contributed by atoms with Gasteiger partial charge in [-0.25, -0.2) is 0 Å².